The maximum Gasteiger partial charge on any atom is 0.269 e. The van der Waals surface area contributed by atoms with Gasteiger partial charge in [-0.1, -0.05) is 12.8 Å². The number of halogens is 1. The summed E-state index contributed by atoms with van der Waals surface area (Å²) in [6.45, 7) is 5.31. The third kappa shape index (κ3) is 4.69. The Morgan fingerprint density at radius 2 is 2.11 bits per heavy atom. The fraction of sp³-hybridized carbons (Fsp3) is 0.692. The molecule has 0 aliphatic heterocycles. The molecule has 1 aromatic heterocycles. The summed E-state index contributed by atoms with van der Waals surface area (Å²) in [7, 11) is 0. The molecule has 5 heteroatoms. The van der Waals surface area contributed by atoms with Crippen LogP contribution in [0.2, 0.25) is 0 Å². The SMILES string of the molecule is CCn1nc(C)cc1C(=O)NCCCCCCCl. The van der Waals surface area contributed by atoms with E-state index in [4.69, 9.17) is 11.6 Å². The van der Waals surface area contributed by atoms with Crippen molar-refractivity contribution < 1.29 is 4.79 Å². The van der Waals surface area contributed by atoms with Crippen LogP contribution in [0.3, 0.4) is 0 Å². The quantitative estimate of drug-likeness (QED) is 0.584. The van der Waals surface area contributed by atoms with Gasteiger partial charge < -0.3 is 5.32 Å². The summed E-state index contributed by atoms with van der Waals surface area (Å²) in [6.07, 6.45) is 4.30. The summed E-state index contributed by atoms with van der Waals surface area (Å²) in [4.78, 5) is 11.9. The summed E-state index contributed by atoms with van der Waals surface area (Å²) in [5.74, 6) is 0.691. The minimum atomic E-state index is -0.0326. The van der Waals surface area contributed by atoms with Gasteiger partial charge in [-0.3, -0.25) is 9.48 Å². The Bertz CT molecular complexity index is 376. The van der Waals surface area contributed by atoms with Crippen LogP contribution in [0.25, 0.3) is 0 Å². The average Bonchev–Trinajstić information content (AvgIpc) is 2.74. The second-order valence-corrected chi connectivity index (χ2v) is 4.72. The van der Waals surface area contributed by atoms with Crippen LogP contribution in [0, 0.1) is 6.92 Å². The molecule has 0 bridgehead atoms. The van der Waals surface area contributed by atoms with Crippen molar-refractivity contribution in [2.75, 3.05) is 12.4 Å². The van der Waals surface area contributed by atoms with E-state index in [-0.39, 0.29) is 5.91 Å². The van der Waals surface area contributed by atoms with Crippen molar-refractivity contribution in [2.24, 2.45) is 0 Å². The third-order valence-electron chi connectivity index (χ3n) is 2.78. The van der Waals surface area contributed by atoms with Gasteiger partial charge >= 0.3 is 0 Å². The molecular formula is C13H22ClN3O. The van der Waals surface area contributed by atoms with Crippen molar-refractivity contribution in [3.8, 4) is 0 Å². The van der Waals surface area contributed by atoms with Gasteiger partial charge in [0, 0.05) is 19.0 Å². The number of rotatable bonds is 8. The minimum Gasteiger partial charge on any atom is -0.351 e. The summed E-state index contributed by atoms with van der Waals surface area (Å²) in [5.41, 5.74) is 1.53. The zero-order valence-corrected chi connectivity index (χ0v) is 12.0. The molecular weight excluding hydrogens is 250 g/mol. The number of aromatic nitrogens is 2. The predicted molar refractivity (Wildman–Crippen MR) is 74.2 cm³/mol. The van der Waals surface area contributed by atoms with Crippen LogP contribution in [0.15, 0.2) is 6.07 Å². The van der Waals surface area contributed by atoms with Crippen LogP contribution in [0.5, 0.6) is 0 Å². The molecule has 18 heavy (non-hydrogen) atoms. The lowest BCUT2D eigenvalue weighted by atomic mass is 10.2. The Labute approximate surface area is 114 Å². The standard InChI is InChI=1S/C13H22ClN3O/c1-3-17-12(10-11(2)16-17)13(18)15-9-7-5-4-6-8-14/h10H,3-9H2,1-2H3,(H,15,18). The molecule has 0 fully saturated rings. The average molecular weight is 272 g/mol. The molecule has 1 N–H and O–H groups in total. The number of hydrogen-bond acceptors (Lipinski definition) is 2. The second-order valence-electron chi connectivity index (χ2n) is 4.35. The largest absolute Gasteiger partial charge is 0.351 e. The van der Waals surface area contributed by atoms with Crippen LogP contribution in [0.4, 0.5) is 0 Å². The van der Waals surface area contributed by atoms with Gasteiger partial charge in [0.05, 0.1) is 5.69 Å². The molecule has 0 atom stereocenters. The maximum absolute atomic E-state index is 11.9. The van der Waals surface area contributed by atoms with E-state index in [1.165, 1.54) is 0 Å². The highest BCUT2D eigenvalue weighted by Crippen LogP contribution is 2.04. The van der Waals surface area contributed by atoms with Gasteiger partial charge in [0.25, 0.3) is 5.91 Å². The lowest BCUT2D eigenvalue weighted by molar-refractivity contribution is 0.0942. The smallest absolute Gasteiger partial charge is 0.269 e. The summed E-state index contributed by atoms with van der Waals surface area (Å²) in [6, 6.07) is 1.83. The first-order valence-corrected chi connectivity index (χ1v) is 7.11. The number of alkyl halides is 1. The molecule has 0 spiro atoms. The molecule has 0 saturated carbocycles. The first-order valence-electron chi connectivity index (χ1n) is 6.57. The van der Waals surface area contributed by atoms with Crippen molar-refractivity contribution in [1.82, 2.24) is 15.1 Å². The molecule has 102 valence electrons. The van der Waals surface area contributed by atoms with Crippen molar-refractivity contribution in [2.45, 2.75) is 46.1 Å². The molecule has 0 aliphatic carbocycles. The van der Waals surface area contributed by atoms with Crippen molar-refractivity contribution >= 4 is 17.5 Å². The first-order chi connectivity index (χ1) is 8.69. The number of carbonyl (C=O) groups excluding carboxylic acids is 1. The van der Waals surface area contributed by atoms with E-state index < -0.39 is 0 Å². The Balaban J connectivity index is 2.32. The topological polar surface area (TPSA) is 46.9 Å². The second kappa shape index (κ2) is 8.14. The van der Waals surface area contributed by atoms with Crippen molar-refractivity contribution in [3.63, 3.8) is 0 Å². The van der Waals surface area contributed by atoms with Crippen LogP contribution in [0.1, 0.15) is 48.8 Å². The number of carbonyl (C=O) groups is 1. The molecule has 1 heterocycles. The van der Waals surface area contributed by atoms with E-state index in [0.29, 0.717) is 12.2 Å². The molecule has 1 rings (SSSR count). The molecule has 0 aromatic carbocycles. The Morgan fingerprint density at radius 3 is 2.78 bits per heavy atom. The van der Waals surface area contributed by atoms with Crippen LogP contribution in [-0.4, -0.2) is 28.1 Å². The lowest BCUT2D eigenvalue weighted by Gasteiger charge is -2.06. The number of unbranched alkanes of at least 4 members (excludes halogenated alkanes) is 3. The van der Waals surface area contributed by atoms with Crippen LogP contribution in [-0.2, 0) is 6.54 Å². The van der Waals surface area contributed by atoms with E-state index in [0.717, 1.165) is 43.8 Å². The number of hydrogen-bond donors (Lipinski definition) is 1. The Hall–Kier alpha value is -1.03. The van der Waals surface area contributed by atoms with E-state index in [2.05, 4.69) is 10.4 Å². The van der Waals surface area contributed by atoms with Gasteiger partial charge in [-0.05, 0) is 32.8 Å². The molecule has 0 radical (unpaired) electrons. The van der Waals surface area contributed by atoms with E-state index in [1.807, 2.05) is 19.9 Å². The molecule has 0 aliphatic rings. The van der Waals surface area contributed by atoms with Gasteiger partial charge in [0.15, 0.2) is 0 Å². The van der Waals surface area contributed by atoms with E-state index in [9.17, 15) is 4.79 Å². The highest BCUT2D eigenvalue weighted by molar-refractivity contribution is 6.17. The molecule has 0 saturated heterocycles. The third-order valence-corrected chi connectivity index (χ3v) is 3.05. The number of aryl methyl sites for hydroxylation is 2. The fourth-order valence-electron chi connectivity index (χ4n) is 1.83. The number of nitrogens with one attached hydrogen (secondary N) is 1. The molecule has 1 amide bonds. The monoisotopic (exact) mass is 271 g/mol. The highest BCUT2D eigenvalue weighted by Gasteiger charge is 2.11. The number of amides is 1. The van der Waals surface area contributed by atoms with Crippen LogP contribution < -0.4 is 5.32 Å². The Kier molecular flexibility index (Phi) is 6.80. The van der Waals surface area contributed by atoms with Gasteiger partial charge in [-0.2, -0.15) is 5.10 Å². The minimum absolute atomic E-state index is 0.0326. The normalized spacial score (nSPS) is 10.6. The zero-order chi connectivity index (χ0) is 13.4. The number of nitrogens with zero attached hydrogens (tertiary/aromatic N) is 2. The van der Waals surface area contributed by atoms with Gasteiger partial charge in [-0.15, -0.1) is 11.6 Å². The van der Waals surface area contributed by atoms with Gasteiger partial charge in [0.1, 0.15) is 5.69 Å². The lowest BCUT2D eigenvalue weighted by Crippen LogP contribution is -2.27. The van der Waals surface area contributed by atoms with Gasteiger partial charge in [0.2, 0.25) is 0 Å². The summed E-state index contributed by atoms with van der Waals surface area (Å²) in [5, 5.41) is 7.19. The predicted octanol–water partition coefficient (Wildman–Crippen LogP) is 2.74. The van der Waals surface area contributed by atoms with Gasteiger partial charge in [-0.25, -0.2) is 0 Å². The van der Waals surface area contributed by atoms with Crippen molar-refractivity contribution in [1.29, 1.82) is 0 Å². The molecule has 0 unspecified atom stereocenters. The molecule has 4 nitrogen and oxygen atoms in total. The first kappa shape index (κ1) is 15.0. The van der Waals surface area contributed by atoms with E-state index in [1.54, 1.807) is 4.68 Å². The van der Waals surface area contributed by atoms with Crippen molar-refractivity contribution in [3.05, 3.63) is 17.5 Å². The van der Waals surface area contributed by atoms with E-state index >= 15 is 0 Å². The highest BCUT2D eigenvalue weighted by atomic mass is 35.5. The summed E-state index contributed by atoms with van der Waals surface area (Å²) < 4.78 is 1.73. The maximum atomic E-state index is 11.9. The fourth-order valence-corrected chi connectivity index (χ4v) is 2.02. The molecule has 1 aromatic rings. The van der Waals surface area contributed by atoms with Crippen LogP contribution >= 0.6 is 11.6 Å². The summed E-state index contributed by atoms with van der Waals surface area (Å²) >= 11 is 5.60. The Morgan fingerprint density at radius 1 is 1.39 bits per heavy atom. The zero-order valence-electron chi connectivity index (χ0n) is 11.2.